The molecule has 2 rings (SSSR count). The minimum absolute atomic E-state index is 0.0135. The number of aromatic amines is 1. The van der Waals surface area contributed by atoms with Crippen LogP contribution in [0.3, 0.4) is 0 Å². The lowest BCUT2D eigenvalue weighted by Crippen LogP contribution is -2.07. The van der Waals surface area contributed by atoms with Gasteiger partial charge in [0, 0.05) is 12.1 Å². The van der Waals surface area contributed by atoms with Crippen LogP contribution in [0, 0.1) is 5.82 Å². The average Bonchev–Trinajstić information content (AvgIpc) is 2.28. The molecule has 0 fully saturated rings. The van der Waals surface area contributed by atoms with E-state index in [1.807, 2.05) is 0 Å². The van der Waals surface area contributed by atoms with Crippen LogP contribution < -0.4 is 10.2 Å². The van der Waals surface area contributed by atoms with Crippen LogP contribution >= 0.6 is 0 Å². The summed E-state index contributed by atoms with van der Waals surface area (Å²) in [5.74, 6) is -0.649. The van der Waals surface area contributed by atoms with E-state index in [-0.39, 0.29) is 16.7 Å². The summed E-state index contributed by atoms with van der Waals surface area (Å²) in [6, 6.07) is 2.76. The Hall–Kier alpha value is -1.98. The molecule has 2 aromatic rings. The summed E-state index contributed by atoms with van der Waals surface area (Å²) in [5.41, 5.74) is -1.13. The Morgan fingerprint density at radius 3 is 2.59 bits per heavy atom. The molecule has 0 aliphatic heterocycles. The fourth-order valence-corrected chi connectivity index (χ4v) is 1.58. The molecular weight excluding hydrogens is 235 g/mol. The molecule has 0 amide bonds. The predicted octanol–water partition coefficient (Wildman–Crippen LogP) is 2.61. The van der Waals surface area contributed by atoms with Gasteiger partial charge in [-0.25, -0.2) is 13.2 Å². The van der Waals surface area contributed by atoms with Gasteiger partial charge in [0.25, 0.3) is 6.43 Å². The Kier molecular flexibility index (Phi) is 2.79. The summed E-state index contributed by atoms with van der Waals surface area (Å²) in [4.78, 5) is 13.9. The third kappa shape index (κ3) is 1.98. The van der Waals surface area contributed by atoms with Crippen LogP contribution in [-0.4, -0.2) is 12.1 Å². The maximum atomic E-state index is 13.1. The summed E-state index contributed by atoms with van der Waals surface area (Å²) >= 11 is 0. The molecule has 1 N–H and O–H groups in total. The number of halogens is 3. The van der Waals surface area contributed by atoms with Crippen molar-refractivity contribution in [2.24, 2.45) is 0 Å². The molecule has 3 nitrogen and oxygen atoms in total. The number of aromatic nitrogens is 1. The van der Waals surface area contributed by atoms with Crippen LogP contribution in [0.4, 0.5) is 13.2 Å². The molecule has 0 spiro atoms. The van der Waals surface area contributed by atoms with Crippen LogP contribution in [0.15, 0.2) is 23.0 Å². The predicted molar refractivity (Wildman–Crippen MR) is 56.0 cm³/mol. The largest absolute Gasteiger partial charge is 0.494 e. The minimum atomic E-state index is -2.80. The number of alkyl halides is 2. The van der Waals surface area contributed by atoms with Crippen molar-refractivity contribution >= 4 is 10.9 Å². The van der Waals surface area contributed by atoms with E-state index in [1.165, 1.54) is 7.11 Å². The highest BCUT2D eigenvalue weighted by molar-refractivity contribution is 5.84. The molecule has 6 heteroatoms. The van der Waals surface area contributed by atoms with Gasteiger partial charge in [-0.3, -0.25) is 4.79 Å². The number of hydrogen-bond donors (Lipinski definition) is 1. The van der Waals surface area contributed by atoms with Crippen LogP contribution in [0.2, 0.25) is 0 Å². The normalized spacial score (nSPS) is 11.1. The average molecular weight is 243 g/mol. The molecular formula is C11H8F3NO2. The standard InChI is InChI=1S/C11H8F3NO2/c1-17-9-3-5(12)2-6-8(16)4-7(11(13)14)15-10(6)9/h2-4,11H,1H3,(H,15,16). The van der Waals surface area contributed by atoms with E-state index < -0.39 is 23.4 Å². The second-order valence-corrected chi connectivity index (χ2v) is 3.42. The van der Waals surface area contributed by atoms with Crippen LogP contribution in [0.25, 0.3) is 10.9 Å². The molecule has 1 heterocycles. The first-order valence-corrected chi connectivity index (χ1v) is 4.71. The molecule has 1 aromatic heterocycles. The molecule has 17 heavy (non-hydrogen) atoms. The Balaban J connectivity index is 2.86. The van der Waals surface area contributed by atoms with Gasteiger partial charge in [-0.2, -0.15) is 0 Å². The molecule has 1 aromatic carbocycles. The lowest BCUT2D eigenvalue weighted by atomic mass is 10.1. The van der Waals surface area contributed by atoms with E-state index in [0.717, 1.165) is 18.2 Å². The molecule has 0 aliphatic carbocycles. The lowest BCUT2D eigenvalue weighted by molar-refractivity contribution is 0.146. The van der Waals surface area contributed by atoms with Crippen molar-refractivity contribution in [2.75, 3.05) is 7.11 Å². The van der Waals surface area contributed by atoms with Gasteiger partial charge in [-0.15, -0.1) is 0 Å². The molecule has 90 valence electrons. The third-order valence-corrected chi connectivity index (χ3v) is 2.34. The summed E-state index contributed by atoms with van der Waals surface area (Å²) in [7, 11) is 1.27. The number of pyridine rings is 1. The number of fused-ring (bicyclic) bond motifs is 1. The highest BCUT2D eigenvalue weighted by Gasteiger charge is 2.14. The van der Waals surface area contributed by atoms with Crippen LogP contribution in [0.5, 0.6) is 5.75 Å². The van der Waals surface area contributed by atoms with E-state index in [4.69, 9.17) is 4.74 Å². The lowest BCUT2D eigenvalue weighted by Gasteiger charge is -2.07. The molecule has 0 bridgehead atoms. The molecule has 0 saturated carbocycles. The van der Waals surface area contributed by atoms with E-state index in [9.17, 15) is 18.0 Å². The maximum absolute atomic E-state index is 13.1. The second kappa shape index (κ2) is 4.12. The summed E-state index contributed by atoms with van der Waals surface area (Å²) < 4.78 is 43.0. The number of hydrogen-bond acceptors (Lipinski definition) is 2. The maximum Gasteiger partial charge on any atom is 0.278 e. The van der Waals surface area contributed by atoms with E-state index >= 15 is 0 Å². The van der Waals surface area contributed by atoms with Crippen molar-refractivity contribution in [3.05, 3.63) is 39.9 Å². The molecule has 0 atom stereocenters. The molecule has 0 radical (unpaired) electrons. The quantitative estimate of drug-likeness (QED) is 0.880. The number of ether oxygens (including phenoxy) is 1. The monoisotopic (exact) mass is 243 g/mol. The Bertz CT molecular complexity index is 622. The number of rotatable bonds is 2. The van der Waals surface area contributed by atoms with Gasteiger partial charge in [0.2, 0.25) is 0 Å². The molecule has 0 saturated heterocycles. The zero-order valence-electron chi connectivity index (χ0n) is 8.76. The third-order valence-electron chi connectivity index (χ3n) is 2.34. The van der Waals surface area contributed by atoms with Gasteiger partial charge in [-0.1, -0.05) is 0 Å². The van der Waals surface area contributed by atoms with Gasteiger partial charge < -0.3 is 9.72 Å². The first kappa shape index (κ1) is 11.5. The van der Waals surface area contributed by atoms with Gasteiger partial charge in [0.1, 0.15) is 11.6 Å². The zero-order valence-corrected chi connectivity index (χ0v) is 8.76. The number of nitrogens with one attached hydrogen (secondary N) is 1. The van der Waals surface area contributed by atoms with Crippen molar-refractivity contribution in [1.29, 1.82) is 0 Å². The van der Waals surface area contributed by atoms with Gasteiger partial charge in [-0.05, 0) is 6.07 Å². The Morgan fingerprint density at radius 2 is 2.00 bits per heavy atom. The smallest absolute Gasteiger partial charge is 0.278 e. The number of benzene rings is 1. The fraction of sp³-hybridized carbons (Fsp3) is 0.182. The first-order chi connectivity index (χ1) is 8.02. The molecule has 0 aliphatic rings. The first-order valence-electron chi connectivity index (χ1n) is 4.71. The minimum Gasteiger partial charge on any atom is -0.494 e. The second-order valence-electron chi connectivity index (χ2n) is 3.42. The Labute approximate surface area is 93.8 Å². The van der Waals surface area contributed by atoms with Crippen molar-refractivity contribution < 1.29 is 17.9 Å². The van der Waals surface area contributed by atoms with E-state index in [1.54, 1.807) is 0 Å². The van der Waals surface area contributed by atoms with Gasteiger partial charge in [0.05, 0.1) is 23.7 Å². The number of methoxy groups -OCH3 is 1. The van der Waals surface area contributed by atoms with Gasteiger partial charge in [0.15, 0.2) is 5.43 Å². The SMILES string of the molecule is COc1cc(F)cc2c(=O)cc(C(F)F)[nH]c12. The van der Waals surface area contributed by atoms with Crippen molar-refractivity contribution in [3.8, 4) is 5.75 Å². The zero-order chi connectivity index (χ0) is 12.6. The van der Waals surface area contributed by atoms with Gasteiger partial charge >= 0.3 is 0 Å². The molecule has 0 unspecified atom stereocenters. The van der Waals surface area contributed by atoms with Crippen LogP contribution in [0.1, 0.15) is 12.1 Å². The summed E-state index contributed by atoms with van der Waals surface area (Å²) in [6.45, 7) is 0. The highest BCUT2D eigenvalue weighted by Crippen LogP contribution is 2.25. The Morgan fingerprint density at radius 1 is 1.29 bits per heavy atom. The fourth-order valence-electron chi connectivity index (χ4n) is 1.58. The summed E-state index contributed by atoms with van der Waals surface area (Å²) in [5, 5.41) is -0.0220. The van der Waals surface area contributed by atoms with E-state index in [2.05, 4.69) is 4.98 Å². The summed E-state index contributed by atoms with van der Waals surface area (Å²) in [6.07, 6.45) is -2.80. The highest BCUT2D eigenvalue weighted by atomic mass is 19.3. The number of H-pyrrole nitrogens is 1. The van der Waals surface area contributed by atoms with Crippen molar-refractivity contribution in [1.82, 2.24) is 4.98 Å². The van der Waals surface area contributed by atoms with Crippen molar-refractivity contribution in [3.63, 3.8) is 0 Å². The van der Waals surface area contributed by atoms with E-state index in [0.29, 0.717) is 0 Å². The topological polar surface area (TPSA) is 42.1 Å². The van der Waals surface area contributed by atoms with Crippen LogP contribution in [-0.2, 0) is 0 Å². The van der Waals surface area contributed by atoms with Crippen molar-refractivity contribution in [2.45, 2.75) is 6.43 Å².